The van der Waals surface area contributed by atoms with Crippen molar-refractivity contribution in [1.29, 1.82) is 0 Å². The van der Waals surface area contributed by atoms with E-state index in [-0.39, 0.29) is 31.1 Å². The molecule has 1 saturated heterocycles. The number of benzene rings is 1. The summed E-state index contributed by atoms with van der Waals surface area (Å²) in [7, 11) is 0. The van der Waals surface area contributed by atoms with Crippen molar-refractivity contribution in [3.8, 4) is 0 Å². The normalized spacial score (nSPS) is 17.2. The zero-order chi connectivity index (χ0) is 21.7. The second-order valence-corrected chi connectivity index (χ2v) is 7.62. The number of hydrogen-bond acceptors (Lipinski definition) is 6. The lowest BCUT2D eigenvalue weighted by atomic mass is 9.98. The van der Waals surface area contributed by atoms with Crippen molar-refractivity contribution in [2.75, 3.05) is 18.5 Å². The third-order valence-corrected chi connectivity index (χ3v) is 5.41. The summed E-state index contributed by atoms with van der Waals surface area (Å²) in [6.07, 6.45) is 3.39. The zero-order valence-corrected chi connectivity index (χ0v) is 16.9. The van der Waals surface area contributed by atoms with Gasteiger partial charge >= 0.3 is 12.0 Å². The summed E-state index contributed by atoms with van der Waals surface area (Å²) < 4.78 is 4.94. The van der Waals surface area contributed by atoms with Gasteiger partial charge in [0.05, 0.1) is 0 Å². The van der Waals surface area contributed by atoms with E-state index in [4.69, 9.17) is 4.74 Å². The molecule has 0 aromatic heterocycles. The van der Waals surface area contributed by atoms with Crippen LogP contribution in [0.4, 0.5) is 10.5 Å². The SMILES string of the molecule is CC(=O)c1ccc(NC(=O)COC(=O)CCCN2C(=O)NC3(CCCC3)C2=O)cc1. The Bertz CT molecular complexity index is 858. The van der Waals surface area contributed by atoms with Gasteiger partial charge in [0.1, 0.15) is 5.54 Å². The molecule has 0 atom stereocenters. The minimum absolute atomic E-state index is 0.00928. The van der Waals surface area contributed by atoms with Crippen molar-refractivity contribution in [2.45, 2.75) is 51.0 Å². The molecule has 2 fully saturated rings. The quantitative estimate of drug-likeness (QED) is 0.381. The van der Waals surface area contributed by atoms with Gasteiger partial charge in [-0.05, 0) is 50.5 Å². The monoisotopic (exact) mass is 415 g/mol. The summed E-state index contributed by atoms with van der Waals surface area (Å²) >= 11 is 0. The Morgan fingerprint density at radius 3 is 2.43 bits per heavy atom. The van der Waals surface area contributed by atoms with Gasteiger partial charge in [-0.25, -0.2) is 4.79 Å². The number of amides is 4. The van der Waals surface area contributed by atoms with Gasteiger partial charge in [0, 0.05) is 24.2 Å². The van der Waals surface area contributed by atoms with Gasteiger partial charge in [0.2, 0.25) is 0 Å². The molecule has 1 heterocycles. The molecule has 0 unspecified atom stereocenters. The second-order valence-electron chi connectivity index (χ2n) is 7.62. The highest BCUT2D eigenvalue weighted by Crippen LogP contribution is 2.35. The first-order valence-electron chi connectivity index (χ1n) is 10.0. The number of carbonyl (C=O) groups is 5. The molecule has 0 bridgehead atoms. The van der Waals surface area contributed by atoms with Crippen LogP contribution in [-0.2, 0) is 19.1 Å². The Morgan fingerprint density at radius 2 is 1.80 bits per heavy atom. The number of nitrogens with one attached hydrogen (secondary N) is 2. The minimum Gasteiger partial charge on any atom is -0.456 e. The van der Waals surface area contributed by atoms with E-state index in [2.05, 4.69) is 10.6 Å². The zero-order valence-electron chi connectivity index (χ0n) is 16.9. The number of ketones is 1. The molecule has 30 heavy (non-hydrogen) atoms. The van der Waals surface area contributed by atoms with Gasteiger partial charge in [-0.1, -0.05) is 12.8 Å². The van der Waals surface area contributed by atoms with E-state index in [0.717, 1.165) is 17.7 Å². The molecular formula is C21H25N3O6. The number of rotatable bonds is 8. The van der Waals surface area contributed by atoms with Crippen LogP contribution < -0.4 is 10.6 Å². The van der Waals surface area contributed by atoms with Crippen LogP contribution in [0, 0.1) is 0 Å². The van der Waals surface area contributed by atoms with Crippen molar-refractivity contribution in [2.24, 2.45) is 0 Å². The van der Waals surface area contributed by atoms with Crippen LogP contribution in [0.5, 0.6) is 0 Å². The van der Waals surface area contributed by atoms with E-state index < -0.39 is 30.1 Å². The molecule has 9 nitrogen and oxygen atoms in total. The number of carbonyl (C=O) groups excluding carboxylic acids is 5. The van der Waals surface area contributed by atoms with Crippen LogP contribution in [0.15, 0.2) is 24.3 Å². The Labute approximate surface area is 174 Å². The molecule has 9 heteroatoms. The molecule has 1 aromatic rings. The topological polar surface area (TPSA) is 122 Å². The van der Waals surface area contributed by atoms with Crippen molar-refractivity contribution in [1.82, 2.24) is 10.2 Å². The number of Topliss-reactive ketones (excluding diaryl/α,β-unsaturated/α-hetero) is 1. The average Bonchev–Trinajstić information content (AvgIpc) is 3.27. The highest BCUT2D eigenvalue weighted by atomic mass is 16.5. The Morgan fingerprint density at radius 1 is 1.13 bits per heavy atom. The molecular weight excluding hydrogens is 390 g/mol. The second kappa shape index (κ2) is 9.06. The number of hydrogen-bond donors (Lipinski definition) is 2. The minimum atomic E-state index is -0.752. The third-order valence-electron chi connectivity index (χ3n) is 5.41. The van der Waals surface area contributed by atoms with E-state index in [1.165, 1.54) is 6.92 Å². The number of imide groups is 1. The summed E-state index contributed by atoms with van der Waals surface area (Å²) in [5, 5.41) is 5.36. The lowest BCUT2D eigenvalue weighted by molar-refractivity contribution is -0.147. The maximum atomic E-state index is 12.5. The first-order valence-corrected chi connectivity index (χ1v) is 10.0. The fourth-order valence-corrected chi connectivity index (χ4v) is 3.78. The first kappa shape index (κ1) is 21.5. The molecule has 1 aromatic carbocycles. The van der Waals surface area contributed by atoms with E-state index >= 15 is 0 Å². The van der Waals surface area contributed by atoms with Crippen LogP contribution in [-0.4, -0.2) is 53.2 Å². The van der Waals surface area contributed by atoms with E-state index in [1.807, 2.05) is 0 Å². The molecule has 2 aliphatic rings. The highest BCUT2D eigenvalue weighted by Gasteiger charge is 2.52. The summed E-state index contributed by atoms with van der Waals surface area (Å²) in [5.41, 5.74) is 0.266. The molecule has 1 saturated carbocycles. The van der Waals surface area contributed by atoms with Gasteiger partial charge in [-0.2, -0.15) is 0 Å². The average molecular weight is 415 g/mol. The van der Waals surface area contributed by atoms with Crippen LogP contribution in [0.25, 0.3) is 0 Å². The fourth-order valence-electron chi connectivity index (χ4n) is 3.78. The summed E-state index contributed by atoms with van der Waals surface area (Å²) in [6.45, 7) is 1.14. The smallest absolute Gasteiger partial charge is 0.325 e. The van der Waals surface area contributed by atoms with Gasteiger partial charge in [-0.15, -0.1) is 0 Å². The van der Waals surface area contributed by atoms with Crippen molar-refractivity contribution < 1.29 is 28.7 Å². The van der Waals surface area contributed by atoms with Crippen molar-refractivity contribution >= 4 is 35.3 Å². The fraction of sp³-hybridized carbons (Fsp3) is 0.476. The molecule has 160 valence electrons. The number of nitrogens with zero attached hydrogens (tertiary/aromatic N) is 1. The largest absolute Gasteiger partial charge is 0.456 e. The third kappa shape index (κ3) is 4.84. The molecule has 1 aliphatic carbocycles. The summed E-state index contributed by atoms with van der Waals surface area (Å²) in [5.74, 6) is -1.38. The van der Waals surface area contributed by atoms with Gasteiger partial charge in [0.15, 0.2) is 12.4 Å². The Kier molecular flexibility index (Phi) is 6.49. The molecule has 1 aliphatic heterocycles. The number of anilines is 1. The van der Waals surface area contributed by atoms with Crippen LogP contribution in [0.3, 0.4) is 0 Å². The lowest BCUT2D eigenvalue weighted by Gasteiger charge is -2.19. The Balaban J connectivity index is 1.36. The standard InChI is InChI=1S/C21H25N3O6/c1-14(25)15-6-8-16(9-7-15)22-17(26)13-30-18(27)5-4-12-24-19(28)21(23-20(24)29)10-2-3-11-21/h6-9H,2-5,10-13H2,1H3,(H,22,26)(H,23,29). The Hall–Kier alpha value is -3.23. The molecule has 0 radical (unpaired) electrons. The number of esters is 1. The van der Waals surface area contributed by atoms with Gasteiger partial charge in [0.25, 0.3) is 11.8 Å². The van der Waals surface area contributed by atoms with E-state index in [0.29, 0.717) is 24.1 Å². The van der Waals surface area contributed by atoms with Gasteiger partial charge < -0.3 is 15.4 Å². The van der Waals surface area contributed by atoms with Crippen molar-refractivity contribution in [3.63, 3.8) is 0 Å². The maximum Gasteiger partial charge on any atom is 0.325 e. The molecule has 3 rings (SSSR count). The predicted molar refractivity (Wildman–Crippen MR) is 107 cm³/mol. The summed E-state index contributed by atoms with van der Waals surface area (Å²) in [6, 6.07) is 5.95. The molecule has 2 N–H and O–H groups in total. The molecule has 1 spiro atoms. The van der Waals surface area contributed by atoms with Crippen LogP contribution in [0.2, 0.25) is 0 Å². The van der Waals surface area contributed by atoms with Crippen molar-refractivity contribution in [3.05, 3.63) is 29.8 Å². The molecule has 4 amide bonds. The number of urea groups is 1. The van der Waals surface area contributed by atoms with Crippen LogP contribution in [0.1, 0.15) is 55.8 Å². The highest BCUT2D eigenvalue weighted by molar-refractivity contribution is 6.07. The number of ether oxygens (including phenoxy) is 1. The summed E-state index contributed by atoms with van der Waals surface area (Å²) in [4.78, 5) is 60.7. The van der Waals surface area contributed by atoms with Gasteiger partial charge in [-0.3, -0.25) is 24.1 Å². The lowest BCUT2D eigenvalue weighted by Crippen LogP contribution is -2.44. The first-order chi connectivity index (χ1) is 14.3. The van der Waals surface area contributed by atoms with E-state index in [1.54, 1.807) is 24.3 Å². The predicted octanol–water partition coefficient (Wildman–Crippen LogP) is 2.02. The van der Waals surface area contributed by atoms with Crippen LogP contribution >= 0.6 is 0 Å². The van der Waals surface area contributed by atoms with E-state index in [9.17, 15) is 24.0 Å². The maximum absolute atomic E-state index is 12.5.